The molecule has 0 aliphatic rings. The van der Waals surface area contributed by atoms with Crippen molar-refractivity contribution in [2.45, 2.75) is 12.9 Å². The third kappa shape index (κ3) is 5.18. The molecule has 0 unspecified atom stereocenters. The highest BCUT2D eigenvalue weighted by Crippen LogP contribution is 2.31. The molecule has 2 rings (SSSR count). The first kappa shape index (κ1) is 17.6. The predicted octanol–water partition coefficient (Wildman–Crippen LogP) is 4.99. The Morgan fingerprint density at radius 3 is 2.21 bits per heavy atom. The maximum absolute atomic E-state index is 12.2. The number of benzene rings is 2. The highest BCUT2D eigenvalue weighted by molar-refractivity contribution is 5.53. The number of rotatable bonds is 5. The van der Waals surface area contributed by atoms with Crippen LogP contribution in [-0.4, -0.2) is 25.4 Å². The molecule has 0 saturated heterocycles. The van der Waals surface area contributed by atoms with E-state index >= 15 is 0 Å². The quantitative estimate of drug-likeness (QED) is 0.720. The molecule has 0 bridgehead atoms. The molecule has 0 spiro atoms. The summed E-state index contributed by atoms with van der Waals surface area (Å²) in [6.45, 7) is 7.64. The molecule has 0 saturated carbocycles. The average Bonchev–Trinajstić information content (AvgIpc) is 2.49. The topological polar surface area (TPSA) is 26.1 Å². The summed E-state index contributed by atoms with van der Waals surface area (Å²) in [6, 6.07) is 10.2. The molecule has 24 heavy (non-hydrogen) atoms. The Balaban J connectivity index is 2.20. The summed E-state index contributed by atoms with van der Waals surface area (Å²) in [5.74, 6) is 0.604. The van der Waals surface area contributed by atoms with E-state index in [1.165, 1.54) is 24.3 Å². The lowest BCUT2D eigenvalue weighted by molar-refractivity contribution is -0.274. The molecular formula is C17H15F3N2O2. The van der Waals surface area contributed by atoms with Crippen LogP contribution in [0.15, 0.2) is 42.5 Å². The summed E-state index contributed by atoms with van der Waals surface area (Å²) in [5, 5.41) is 0. The van der Waals surface area contributed by atoms with Crippen molar-refractivity contribution in [2.24, 2.45) is 0 Å². The maximum Gasteiger partial charge on any atom is 0.573 e. The number of hydrogen-bond acceptors (Lipinski definition) is 3. The molecule has 0 N–H and O–H groups in total. The summed E-state index contributed by atoms with van der Waals surface area (Å²) in [5.41, 5.74) is 1.30. The van der Waals surface area contributed by atoms with Gasteiger partial charge in [-0.25, -0.2) is 4.85 Å². The predicted molar refractivity (Wildman–Crippen MR) is 83.3 cm³/mol. The molecule has 0 radical (unpaired) electrons. The second-order valence-corrected chi connectivity index (χ2v) is 5.26. The Hall–Kier alpha value is -2.72. The van der Waals surface area contributed by atoms with Crippen molar-refractivity contribution in [3.63, 3.8) is 0 Å². The fourth-order valence-corrected chi connectivity index (χ4v) is 2.04. The second-order valence-electron chi connectivity index (χ2n) is 5.26. The molecule has 0 heterocycles. The third-order valence-corrected chi connectivity index (χ3v) is 2.94. The van der Waals surface area contributed by atoms with Gasteiger partial charge in [-0.05, 0) is 56.1 Å². The molecule has 2 aromatic carbocycles. The van der Waals surface area contributed by atoms with Crippen LogP contribution < -0.4 is 9.47 Å². The van der Waals surface area contributed by atoms with Crippen molar-refractivity contribution in [3.05, 3.63) is 59.4 Å². The van der Waals surface area contributed by atoms with Gasteiger partial charge in [-0.15, -0.1) is 13.2 Å². The molecule has 0 aliphatic heterocycles. The van der Waals surface area contributed by atoms with E-state index in [1.54, 1.807) is 18.2 Å². The van der Waals surface area contributed by atoms with E-state index in [2.05, 4.69) is 9.58 Å². The SMILES string of the molecule is [C-]#[N+]c1ccc(Oc2ccc(OC(F)(F)F)cc2)c(CN(C)C)c1. The smallest absolute Gasteiger partial charge is 0.457 e. The lowest BCUT2D eigenvalue weighted by Crippen LogP contribution is -2.16. The second kappa shape index (κ2) is 7.23. The average molecular weight is 336 g/mol. The minimum Gasteiger partial charge on any atom is -0.457 e. The Bertz CT molecular complexity index is 735. The zero-order chi connectivity index (χ0) is 17.7. The van der Waals surface area contributed by atoms with Crippen molar-refractivity contribution < 1.29 is 22.6 Å². The molecule has 0 aromatic heterocycles. The number of hydrogen-bond donors (Lipinski definition) is 0. The first-order valence-corrected chi connectivity index (χ1v) is 6.95. The molecule has 0 fully saturated rings. The summed E-state index contributed by atoms with van der Waals surface area (Å²) in [7, 11) is 3.77. The Morgan fingerprint density at radius 1 is 1.04 bits per heavy atom. The van der Waals surface area contributed by atoms with Gasteiger partial charge in [-0.1, -0.05) is 6.07 Å². The molecule has 0 aliphatic carbocycles. The normalized spacial score (nSPS) is 11.2. The molecule has 7 heteroatoms. The number of ether oxygens (including phenoxy) is 2. The molecule has 4 nitrogen and oxygen atoms in total. The minimum absolute atomic E-state index is 0.313. The van der Waals surface area contributed by atoms with Crippen LogP contribution in [0.5, 0.6) is 17.2 Å². The third-order valence-electron chi connectivity index (χ3n) is 2.94. The van der Waals surface area contributed by atoms with Gasteiger partial charge in [0.05, 0.1) is 6.57 Å². The zero-order valence-electron chi connectivity index (χ0n) is 13.1. The van der Waals surface area contributed by atoms with E-state index in [-0.39, 0.29) is 5.75 Å². The highest BCUT2D eigenvalue weighted by Gasteiger charge is 2.30. The molecular weight excluding hydrogens is 321 g/mol. The monoisotopic (exact) mass is 336 g/mol. The van der Waals surface area contributed by atoms with Crippen LogP contribution in [0.2, 0.25) is 0 Å². The zero-order valence-corrected chi connectivity index (χ0v) is 13.1. The molecule has 2 aromatic rings. The van der Waals surface area contributed by atoms with E-state index in [9.17, 15) is 13.2 Å². The fourth-order valence-electron chi connectivity index (χ4n) is 2.04. The molecule has 0 atom stereocenters. The number of nitrogens with zero attached hydrogens (tertiary/aromatic N) is 2. The van der Waals surface area contributed by atoms with Crippen molar-refractivity contribution in [2.75, 3.05) is 14.1 Å². The standard InChI is InChI=1S/C17H15F3N2O2/c1-21-13-4-9-16(12(10-13)11-22(2)3)23-14-5-7-15(8-6-14)24-17(18,19)20/h4-10H,11H2,2-3H3. The molecule has 126 valence electrons. The van der Waals surface area contributed by atoms with E-state index in [0.717, 1.165) is 5.56 Å². The summed E-state index contributed by atoms with van der Waals surface area (Å²) in [4.78, 5) is 5.31. The van der Waals surface area contributed by atoms with Gasteiger partial charge in [-0.2, -0.15) is 0 Å². The maximum atomic E-state index is 12.2. The van der Waals surface area contributed by atoms with E-state index in [1.807, 2.05) is 19.0 Å². The van der Waals surface area contributed by atoms with Crippen LogP contribution in [0.3, 0.4) is 0 Å². The fraction of sp³-hybridized carbons (Fsp3) is 0.235. The van der Waals surface area contributed by atoms with Gasteiger partial charge in [0.25, 0.3) is 0 Å². The Kier molecular flexibility index (Phi) is 5.31. The number of halogens is 3. The van der Waals surface area contributed by atoms with Gasteiger partial charge in [0, 0.05) is 6.54 Å². The van der Waals surface area contributed by atoms with Gasteiger partial charge in [0.15, 0.2) is 5.69 Å². The van der Waals surface area contributed by atoms with E-state index in [0.29, 0.717) is 23.7 Å². The summed E-state index contributed by atoms with van der Waals surface area (Å²) < 4.78 is 46.0. The lowest BCUT2D eigenvalue weighted by atomic mass is 10.1. The van der Waals surface area contributed by atoms with Gasteiger partial charge in [0.2, 0.25) is 0 Å². The van der Waals surface area contributed by atoms with E-state index in [4.69, 9.17) is 11.3 Å². The summed E-state index contributed by atoms with van der Waals surface area (Å²) >= 11 is 0. The van der Waals surface area contributed by atoms with Crippen LogP contribution in [0.25, 0.3) is 4.85 Å². The van der Waals surface area contributed by atoms with Crippen LogP contribution in [-0.2, 0) is 6.54 Å². The van der Waals surface area contributed by atoms with Crippen molar-refractivity contribution in [1.82, 2.24) is 4.90 Å². The minimum atomic E-state index is -4.73. The Morgan fingerprint density at radius 2 is 1.67 bits per heavy atom. The number of alkyl halides is 3. The molecule has 0 amide bonds. The first-order chi connectivity index (χ1) is 11.3. The van der Waals surface area contributed by atoms with Gasteiger partial charge >= 0.3 is 6.36 Å². The Labute approximate surface area is 137 Å². The summed E-state index contributed by atoms with van der Waals surface area (Å²) in [6.07, 6.45) is -4.73. The highest BCUT2D eigenvalue weighted by atomic mass is 19.4. The first-order valence-electron chi connectivity index (χ1n) is 6.95. The van der Waals surface area contributed by atoms with Crippen molar-refractivity contribution >= 4 is 5.69 Å². The van der Waals surface area contributed by atoms with Crippen molar-refractivity contribution in [3.8, 4) is 17.2 Å². The van der Waals surface area contributed by atoms with Gasteiger partial charge in [0.1, 0.15) is 17.2 Å². The van der Waals surface area contributed by atoms with Crippen LogP contribution in [0.4, 0.5) is 18.9 Å². The van der Waals surface area contributed by atoms with Crippen LogP contribution in [0, 0.1) is 6.57 Å². The van der Waals surface area contributed by atoms with E-state index < -0.39 is 6.36 Å². The van der Waals surface area contributed by atoms with Gasteiger partial charge in [-0.3, -0.25) is 0 Å². The van der Waals surface area contributed by atoms with Crippen LogP contribution in [0.1, 0.15) is 5.56 Å². The largest absolute Gasteiger partial charge is 0.573 e. The van der Waals surface area contributed by atoms with Crippen LogP contribution >= 0.6 is 0 Å². The van der Waals surface area contributed by atoms with Crippen molar-refractivity contribution in [1.29, 1.82) is 0 Å². The van der Waals surface area contributed by atoms with Gasteiger partial charge < -0.3 is 14.4 Å². The lowest BCUT2D eigenvalue weighted by Gasteiger charge is -2.16.